The van der Waals surface area contributed by atoms with Crippen LogP contribution in [-0.4, -0.2) is 0 Å². The van der Waals surface area contributed by atoms with Crippen LogP contribution in [0.1, 0.15) is 192 Å². The molecule has 1 aliphatic rings. The third-order valence-electron chi connectivity index (χ3n) is 12.8. The van der Waals surface area contributed by atoms with Crippen molar-refractivity contribution in [2.24, 2.45) is 11.8 Å². The molecule has 1 saturated carbocycles. The van der Waals surface area contributed by atoms with Gasteiger partial charge in [-0.3, -0.25) is 0 Å². The van der Waals surface area contributed by atoms with Crippen LogP contribution in [0.4, 0.5) is 11.4 Å². The zero-order valence-corrected chi connectivity index (χ0v) is 34.1. The molecule has 0 saturated heterocycles. The predicted octanol–water partition coefficient (Wildman–Crippen LogP) is 14.8. The maximum absolute atomic E-state index is 6.20. The lowest BCUT2D eigenvalue weighted by Crippen LogP contribution is -2.19. The molecule has 53 heavy (non-hydrogen) atoms. The van der Waals surface area contributed by atoms with Crippen LogP contribution in [-0.2, 0) is 0 Å². The van der Waals surface area contributed by atoms with Gasteiger partial charge >= 0.3 is 0 Å². The normalized spacial score (nSPS) is 15.9. The van der Waals surface area contributed by atoms with Crippen LogP contribution in [0.2, 0.25) is 0 Å². The summed E-state index contributed by atoms with van der Waals surface area (Å²) in [5.74, 6) is 2.95. The molecule has 2 nitrogen and oxygen atoms in total. The minimum atomic E-state index is 0.398. The SMILES string of the molecule is CCCCCC(c1ccc(C(CCC(CCC)C2CCCCC2)c2ccc(C(CCCCC)c3ccc(N)cc3C)cc2)cc1)c1ccc(N)cc1C. The standard InChI is InChI=1S/C51H72N2/c1-6-9-12-19-50(47-33-30-45(52)35-37(47)4)43-25-21-41(22-26-43)49(32-29-39(16-8-3)40-17-14-11-15-18-40)42-23-27-44(28-24-42)51(20-13-10-7-2)48-34-31-46(53)36-38(48)5/h21-28,30-31,33-36,39-40,49-51H,6-20,29,32,52-53H2,1-5H3. The average Bonchev–Trinajstić information content (AvgIpc) is 3.17. The predicted molar refractivity (Wildman–Crippen MR) is 232 cm³/mol. The second-order valence-corrected chi connectivity index (χ2v) is 16.7. The van der Waals surface area contributed by atoms with Crippen molar-refractivity contribution in [1.29, 1.82) is 0 Å². The fourth-order valence-electron chi connectivity index (χ4n) is 9.80. The number of anilines is 2. The Morgan fingerprint density at radius 3 is 1.30 bits per heavy atom. The van der Waals surface area contributed by atoms with E-state index in [4.69, 9.17) is 11.5 Å². The van der Waals surface area contributed by atoms with E-state index in [2.05, 4.69) is 120 Å². The van der Waals surface area contributed by atoms with E-state index in [-0.39, 0.29) is 0 Å². The van der Waals surface area contributed by atoms with Gasteiger partial charge in [-0.2, -0.15) is 0 Å². The number of rotatable bonds is 20. The van der Waals surface area contributed by atoms with Crippen molar-refractivity contribution in [2.75, 3.05) is 11.5 Å². The van der Waals surface area contributed by atoms with E-state index >= 15 is 0 Å². The summed E-state index contributed by atoms with van der Waals surface area (Å²) in [6, 6.07) is 32.8. The second kappa shape index (κ2) is 20.8. The molecular formula is C51H72N2. The van der Waals surface area contributed by atoms with Gasteiger partial charge in [-0.25, -0.2) is 0 Å². The van der Waals surface area contributed by atoms with E-state index in [1.807, 2.05) is 0 Å². The first-order chi connectivity index (χ1) is 25.8. The number of nitrogens with two attached hydrogens (primary N) is 2. The summed E-state index contributed by atoms with van der Waals surface area (Å²) in [7, 11) is 0. The smallest absolute Gasteiger partial charge is 0.0316 e. The van der Waals surface area contributed by atoms with Gasteiger partial charge in [-0.1, -0.05) is 165 Å². The Morgan fingerprint density at radius 2 is 0.906 bits per heavy atom. The summed E-state index contributed by atoms with van der Waals surface area (Å²) in [5.41, 5.74) is 25.4. The Hall–Kier alpha value is -3.52. The molecule has 1 aliphatic carbocycles. The topological polar surface area (TPSA) is 52.0 Å². The lowest BCUT2D eigenvalue weighted by molar-refractivity contribution is 0.218. The Balaban J connectivity index is 1.47. The van der Waals surface area contributed by atoms with E-state index in [0.717, 1.165) is 23.2 Å². The number of aryl methyl sites for hydroxylation is 2. The maximum Gasteiger partial charge on any atom is 0.0316 e. The third kappa shape index (κ3) is 11.3. The summed E-state index contributed by atoms with van der Waals surface area (Å²) in [5, 5.41) is 0. The number of hydrogen-bond donors (Lipinski definition) is 2. The van der Waals surface area contributed by atoms with Gasteiger partial charge in [0.05, 0.1) is 0 Å². The van der Waals surface area contributed by atoms with Gasteiger partial charge in [-0.15, -0.1) is 0 Å². The van der Waals surface area contributed by atoms with Crippen molar-refractivity contribution in [2.45, 2.75) is 162 Å². The molecule has 2 heteroatoms. The minimum Gasteiger partial charge on any atom is -0.399 e. The molecule has 0 radical (unpaired) electrons. The highest BCUT2D eigenvalue weighted by Crippen LogP contribution is 2.41. The molecule has 4 N–H and O–H groups in total. The van der Waals surface area contributed by atoms with Crippen molar-refractivity contribution < 1.29 is 0 Å². The number of benzene rings is 4. The van der Waals surface area contributed by atoms with Crippen LogP contribution in [0, 0.1) is 25.7 Å². The number of hydrogen-bond acceptors (Lipinski definition) is 2. The molecule has 4 aromatic carbocycles. The molecule has 0 spiro atoms. The summed E-state index contributed by atoms with van der Waals surface area (Å²) in [6.07, 6.45) is 22.2. The molecule has 286 valence electrons. The summed E-state index contributed by atoms with van der Waals surface area (Å²) < 4.78 is 0. The van der Waals surface area contributed by atoms with Crippen LogP contribution < -0.4 is 11.5 Å². The molecule has 0 bridgehead atoms. The molecule has 1 fully saturated rings. The number of unbranched alkanes of at least 4 members (excludes halogenated alkanes) is 4. The van der Waals surface area contributed by atoms with E-state index in [1.165, 1.54) is 154 Å². The molecule has 0 heterocycles. The van der Waals surface area contributed by atoms with Crippen LogP contribution in [0.3, 0.4) is 0 Å². The third-order valence-corrected chi connectivity index (χ3v) is 12.8. The molecule has 0 amide bonds. The second-order valence-electron chi connectivity index (χ2n) is 16.7. The average molecular weight is 713 g/mol. The van der Waals surface area contributed by atoms with Crippen LogP contribution >= 0.6 is 0 Å². The fourth-order valence-corrected chi connectivity index (χ4v) is 9.80. The van der Waals surface area contributed by atoms with E-state index in [9.17, 15) is 0 Å². The highest BCUT2D eigenvalue weighted by Gasteiger charge is 2.26. The van der Waals surface area contributed by atoms with Gasteiger partial charge < -0.3 is 11.5 Å². The van der Waals surface area contributed by atoms with Gasteiger partial charge in [0.1, 0.15) is 0 Å². The Kier molecular flexibility index (Phi) is 16.0. The van der Waals surface area contributed by atoms with E-state index in [1.54, 1.807) is 0 Å². The lowest BCUT2D eigenvalue weighted by atomic mass is 9.74. The largest absolute Gasteiger partial charge is 0.399 e. The van der Waals surface area contributed by atoms with Crippen molar-refractivity contribution in [3.8, 4) is 0 Å². The molecule has 0 aliphatic heterocycles. The summed E-state index contributed by atoms with van der Waals surface area (Å²) in [4.78, 5) is 0. The Bertz CT molecular complexity index is 1540. The molecule has 3 unspecified atom stereocenters. The zero-order valence-electron chi connectivity index (χ0n) is 34.1. The van der Waals surface area contributed by atoms with Crippen molar-refractivity contribution in [1.82, 2.24) is 0 Å². The van der Waals surface area contributed by atoms with Gasteiger partial charge in [-0.05, 0) is 120 Å². The highest BCUT2D eigenvalue weighted by molar-refractivity contribution is 5.50. The molecular weight excluding hydrogens is 641 g/mol. The molecule has 4 aromatic rings. The van der Waals surface area contributed by atoms with Crippen molar-refractivity contribution in [3.63, 3.8) is 0 Å². The first-order valence-corrected chi connectivity index (χ1v) is 21.7. The summed E-state index contributed by atoms with van der Waals surface area (Å²) >= 11 is 0. The highest BCUT2D eigenvalue weighted by atomic mass is 14.5. The maximum atomic E-state index is 6.20. The molecule has 0 aromatic heterocycles. The first kappa shape index (κ1) is 40.7. The van der Waals surface area contributed by atoms with Crippen molar-refractivity contribution in [3.05, 3.63) is 129 Å². The molecule has 5 rings (SSSR count). The molecule has 3 atom stereocenters. The van der Waals surface area contributed by atoms with E-state index < -0.39 is 0 Å². The van der Waals surface area contributed by atoms with E-state index in [0.29, 0.717) is 17.8 Å². The van der Waals surface area contributed by atoms with Crippen LogP contribution in [0.15, 0.2) is 84.9 Å². The van der Waals surface area contributed by atoms with Gasteiger partial charge in [0.2, 0.25) is 0 Å². The zero-order chi connectivity index (χ0) is 37.6. The fraction of sp³-hybridized carbons (Fsp3) is 0.529. The summed E-state index contributed by atoms with van der Waals surface area (Å²) in [6.45, 7) is 11.5. The first-order valence-electron chi connectivity index (χ1n) is 21.7. The lowest BCUT2D eigenvalue weighted by Gasteiger charge is -2.32. The Morgan fingerprint density at radius 1 is 0.472 bits per heavy atom. The minimum absolute atomic E-state index is 0.398. The van der Waals surface area contributed by atoms with Gasteiger partial charge in [0.25, 0.3) is 0 Å². The number of nitrogen functional groups attached to an aromatic ring is 2. The Labute approximate surface area is 324 Å². The van der Waals surface area contributed by atoms with Crippen LogP contribution in [0.5, 0.6) is 0 Å². The quantitative estimate of drug-likeness (QED) is 0.0708. The van der Waals surface area contributed by atoms with Crippen molar-refractivity contribution >= 4 is 11.4 Å². The van der Waals surface area contributed by atoms with Crippen LogP contribution in [0.25, 0.3) is 0 Å². The van der Waals surface area contributed by atoms with Gasteiger partial charge in [0, 0.05) is 29.1 Å². The monoisotopic (exact) mass is 713 g/mol. The van der Waals surface area contributed by atoms with Gasteiger partial charge in [0.15, 0.2) is 0 Å².